The summed E-state index contributed by atoms with van der Waals surface area (Å²) in [5.74, 6) is 0.605. The zero-order valence-corrected chi connectivity index (χ0v) is 14.0. The van der Waals surface area contributed by atoms with Crippen LogP contribution in [0.4, 0.5) is 11.8 Å². The molecule has 0 radical (unpaired) electrons. The summed E-state index contributed by atoms with van der Waals surface area (Å²) < 4.78 is 1.73. The van der Waals surface area contributed by atoms with Gasteiger partial charge in [-0.3, -0.25) is 0 Å². The van der Waals surface area contributed by atoms with Crippen LogP contribution in [0.2, 0.25) is 0 Å². The molecular formula is C17H21N7. The number of hydrogen-bond donors (Lipinski definition) is 3. The number of aromatic nitrogens is 4. The van der Waals surface area contributed by atoms with Crippen molar-refractivity contribution in [2.75, 3.05) is 11.5 Å². The summed E-state index contributed by atoms with van der Waals surface area (Å²) in [5.41, 5.74) is 16.0. The van der Waals surface area contributed by atoms with Gasteiger partial charge in [0.2, 0.25) is 5.95 Å². The molecule has 1 aliphatic heterocycles. The van der Waals surface area contributed by atoms with Crippen LogP contribution in [0.3, 0.4) is 0 Å². The third-order valence-electron chi connectivity index (χ3n) is 4.55. The Morgan fingerprint density at radius 1 is 1.29 bits per heavy atom. The molecule has 3 heterocycles. The van der Waals surface area contributed by atoms with Gasteiger partial charge in [0.05, 0.1) is 11.1 Å². The molecule has 1 unspecified atom stereocenters. The summed E-state index contributed by atoms with van der Waals surface area (Å²) in [4.78, 5) is 8.30. The molecule has 1 atom stereocenters. The van der Waals surface area contributed by atoms with Crippen LogP contribution in [0.15, 0.2) is 24.4 Å². The first-order valence-corrected chi connectivity index (χ1v) is 8.02. The second-order valence-corrected chi connectivity index (χ2v) is 7.07. The number of nitrogens with zero attached hydrogens (tertiary/aromatic N) is 4. The molecule has 0 spiro atoms. The molecule has 0 saturated carbocycles. The molecular weight excluding hydrogens is 302 g/mol. The first kappa shape index (κ1) is 14.9. The Labute approximate surface area is 140 Å². The van der Waals surface area contributed by atoms with Crippen molar-refractivity contribution in [3.05, 3.63) is 35.5 Å². The molecule has 0 amide bonds. The maximum atomic E-state index is 6.00. The SMILES string of the molecule is CC1NC(C)(C)Cc2ccc(-n3nc(N)c4cnc(N)nc43)cc21. The van der Waals surface area contributed by atoms with Crippen molar-refractivity contribution in [3.63, 3.8) is 0 Å². The number of nitrogen functional groups attached to an aromatic ring is 2. The van der Waals surface area contributed by atoms with Gasteiger partial charge < -0.3 is 16.8 Å². The minimum atomic E-state index is 0.0957. The summed E-state index contributed by atoms with van der Waals surface area (Å²) in [5, 5.41) is 8.76. The van der Waals surface area contributed by atoms with Gasteiger partial charge in [0.15, 0.2) is 11.5 Å². The van der Waals surface area contributed by atoms with E-state index < -0.39 is 0 Å². The van der Waals surface area contributed by atoms with Gasteiger partial charge in [-0.1, -0.05) is 6.07 Å². The predicted molar refractivity (Wildman–Crippen MR) is 94.8 cm³/mol. The average molecular weight is 323 g/mol. The van der Waals surface area contributed by atoms with Gasteiger partial charge in [-0.15, -0.1) is 5.10 Å². The van der Waals surface area contributed by atoms with E-state index in [-0.39, 0.29) is 17.5 Å². The smallest absolute Gasteiger partial charge is 0.222 e. The van der Waals surface area contributed by atoms with E-state index in [1.165, 1.54) is 11.1 Å². The highest BCUT2D eigenvalue weighted by Crippen LogP contribution is 2.32. The van der Waals surface area contributed by atoms with Gasteiger partial charge in [-0.25, -0.2) is 9.67 Å². The second-order valence-electron chi connectivity index (χ2n) is 7.07. The number of rotatable bonds is 1. The van der Waals surface area contributed by atoms with E-state index >= 15 is 0 Å². The van der Waals surface area contributed by atoms with E-state index in [4.69, 9.17) is 11.5 Å². The highest BCUT2D eigenvalue weighted by Gasteiger charge is 2.29. The van der Waals surface area contributed by atoms with Crippen molar-refractivity contribution < 1.29 is 0 Å². The van der Waals surface area contributed by atoms with Gasteiger partial charge in [0.1, 0.15) is 0 Å². The summed E-state index contributed by atoms with van der Waals surface area (Å²) in [7, 11) is 0. The van der Waals surface area contributed by atoms with E-state index in [1.54, 1.807) is 10.9 Å². The van der Waals surface area contributed by atoms with Crippen LogP contribution < -0.4 is 16.8 Å². The van der Waals surface area contributed by atoms with E-state index in [2.05, 4.69) is 59.4 Å². The number of hydrogen-bond acceptors (Lipinski definition) is 6. The standard InChI is InChI=1S/C17H21N7/c1-9-12-6-11(5-4-10(12)7-17(2,3)22-9)24-15-13(14(18)23-24)8-20-16(19)21-15/h4-6,8-9,22H,7H2,1-3H3,(H2,18,23)(H2,19,20,21). The summed E-state index contributed by atoms with van der Waals surface area (Å²) >= 11 is 0. The van der Waals surface area contributed by atoms with Gasteiger partial charge in [-0.2, -0.15) is 4.98 Å². The minimum absolute atomic E-state index is 0.0957. The van der Waals surface area contributed by atoms with E-state index in [9.17, 15) is 0 Å². The van der Waals surface area contributed by atoms with Gasteiger partial charge >= 0.3 is 0 Å². The number of fused-ring (bicyclic) bond motifs is 2. The Bertz CT molecular complexity index is 942. The van der Waals surface area contributed by atoms with Crippen LogP contribution in [-0.4, -0.2) is 25.3 Å². The topological polar surface area (TPSA) is 108 Å². The van der Waals surface area contributed by atoms with Crippen LogP contribution in [0.5, 0.6) is 0 Å². The maximum Gasteiger partial charge on any atom is 0.222 e. The molecule has 24 heavy (non-hydrogen) atoms. The first-order chi connectivity index (χ1) is 11.3. The number of nitrogens with two attached hydrogens (primary N) is 2. The molecule has 5 N–H and O–H groups in total. The predicted octanol–water partition coefficient (Wildman–Crippen LogP) is 1.97. The monoisotopic (exact) mass is 323 g/mol. The molecule has 1 aliphatic rings. The fourth-order valence-electron chi connectivity index (χ4n) is 3.59. The molecule has 2 aromatic heterocycles. The molecule has 0 aliphatic carbocycles. The van der Waals surface area contributed by atoms with Crippen LogP contribution in [0.1, 0.15) is 37.9 Å². The first-order valence-electron chi connectivity index (χ1n) is 8.02. The molecule has 7 heteroatoms. The highest BCUT2D eigenvalue weighted by atomic mass is 15.3. The fourth-order valence-corrected chi connectivity index (χ4v) is 3.59. The summed E-state index contributed by atoms with van der Waals surface area (Å²) in [6, 6.07) is 6.63. The highest BCUT2D eigenvalue weighted by molar-refractivity contribution is 5.87. The zero-order chi connectivity index (χ0) is 17.1. The van der Waals surface area contributed by atoms with Crippen LogP contribution >= 0.6 is 0 Å². The Kier molecular flexibility index (Phi) is 3.05. The maximum absolute atomic E-state index is 6.00. The van der Waals surface area contributed by atoms with Crippen molar-refractivity contribution in [3.8, 4) is 5.69 Å². The summed E-state index contributed by atoms with van der Waals surface area (Å²) in [6.45, 7) is 6.63. The lowest BCUT2D eigenvalue weighted by Gasteiger charge is -2.37. The lowest BCUT2D eigenvalue weighted by Crippen LogP contribution is -2.46. The van der Waals surface area contributed by atoms with Crippen molar-refractivity contribution in [1.82, 2.24) is 25.1 Å². The zero-order valence-electron chi connectivity index (χ0n) is 14.0. The molecule has 7 nitrogen and oxygen atoms in total. The molecule has 3 aromatic rings. The molecule has 0 fully saturated rings. The molecule has 124 valence electrons. The number of anilines is 2. The number of nitrogens with one attached hydrogen (secondary N) is 1. The Hall–Kier alpha value is -2.67. The van der Waals surface area contributed by atoms with Gasteiger partial charge in [-0.05, 0) is 50.5 Å². The van der Waals surface area contributed by atoms with E-state index in [1.807, 2.05) is 0 Å². The molecule has 0 saturated heterocycles. The van der Waals surface area contributed by atoms with Crippen molar-refractivity contribution in [2.24, 2.45) is 0 Å². The fraction of sp³-hybridized carbons (Fsp3) is 0.353. The summed E-state index contributed by atoms with van der Waals surface area (Å²) in [6.07, 6.45) is 2.60. The average Bonchev–Trinajstić information content (AvgIpc) is 2.82. The third-order valence-corrected chi connectivity index (χ3v) is 4.55. The second kappa shape index (κ2) is 4.91. The van der Waals surface area contributed by atoms with E-state index in [0.29, 0.717) is 16.9 Å². The molecule has 0 bridgehead atoms. The Morgan fingerprint density at radius 3 is 2.88 bits per heavy atom. The van der Waals surface area contributed by atoms with Gasteiger partial charge in [0, 0.05) is 17.8 Å². The quantitative estimate of drug-likeness (QED) is 0.632. The lowest BCUT2D eigenvalue weighted by molar-refractivity contribution is 0.322. The van der Waals surface area contributed by atoms with Crippen LogP contribution in [0, 0.1) is 0 Å². The normalized spacial score (nSPS) is 19.4. The Balaban J connectivity index is 1.87. The van der Waals surface area contributed by atoms with Crippen LogP contribution in [0.25, 0.3) is 16.7 Å². The Morgan fingerprint density at radius 2 is 2.08 bits per heavy atom. The van der Waals surface area contributed by atoms with Crippen molar-refractivity contribution in [2.45, 2.75) is 38.8 Å². The van der Waals surface area contributed by atoms with Crippen molar-refractivity contribution in [1.29, 1.82) is 0 Å². The van der Waals surface area contributed by atoms with Crippen LogP contribution in [-0.2, 0) is 6.42 Å². The third kappa shape index (κ3) is 2.28. The van der Waals surface area contributed by atoms with E-state index in [0.717, 1.165) is 12.1 Å². The van der Waals surface area contributed by atoms with Crippen molar-refractivity contribution >= 4 is 22.8 Å². The lowest BCUT2D eigenvalue weighted by atomic mass is 9.84. The molecule has 4 rings (SSSR count). The molecule has 1 aromatic carbocycles. The minimum Gasteiger partial charge on any atom is -0.382 e. The number of benzene rings is 1. The largest absolute Gasteiger partial charge is 0.382 e. The van der Waals surface area contributed by atoms with Gasteiger partial charge in [0.25, 0.3) is 0 Å².